The molecule has 0 atom stereocenters. The summed E-state index contributed by atoms with van der Waals surface area (Å²) in [6, 6.07) is 0. The average Bonchev–Trinajstić information content (AvgIpc) is 2.28. The van der Waals surface area contributed by atoms with Crippen molar-refractivity contribution < 1.29 is 9.53 Å². The van der Waals surface area contributed by atoms with Gasteiger partial charge in [-0.2, -0.15) is 0 Å². The maximum Gasteiger partial charge on any atom is 0.246 e. The van der Waals surface area contributed by atoms with E-state index in [4.69, 9.17) is 10.5 Å². The number of hydrogen-bond acceptors (Lipinski definition) is 3. The standard InChI is InChI=1S/C11H22N2O2/c12-6-7-13-11(14)9-15-8-10-4-2-1-3-5-10/h10H,1-9,12H2,(H,13,14). The molecule has 0 aliphatic heterocycles. The van der Waals surface area contributed by atoms with Crippen LogP contribution in [0.2, 0.25) is 0 Å². The molecule has 0 heterocycles. The lowest BCUT2D eigenvalue weighted by Gasteiger charge is -2.21. The van der Waals surface area contributed by atoms with Crippen molar-refractivity contribution in [2.45, 2.75) is 32.1 Å². The van der Waals surface area contributed by atoms with Gasteiger partial charge in [-0.1, -0.05) is 19.3 Å². The van der Waals surface area contributed by atoms with E-state index in [1.54, 1.807) is 0 Å². The molecule has 1 saturated carbocycles. The molecular weight excluding hydrogens is 192 g/mol. The Morgan fingerprint density at radius 3 is 2.73 bits per heavy atom. The fourth-order valence-corrected chi connectivity index (χ4v) is 1.93. The summed E-state index contributed by atoms with van der Waals surface area (Å²) in [6.45, 7) is 1.92. The summed E-state index contributed by atoms with van der Waals surface area (Å²) in [5.41, 5.74) is 5.27. The van der Waals surface area contributed by atoms with Crippen LogP contribution in [0.4, 0.5) is 0 Å². The molecule has 0 aromatic carbocycles. The highest BCUT2D eigenvalue weighted by molar-refractivity contribution is 5.77. The van der Waals surface area contributed by atoms with Gasteiger partial charge >= 0.3 is 0 Å². The van der Waals surface area contributed by atoms with Gasteiger partial charge in [0.2, 0.25) is 5.91 Å². The molecule has 0 unspecified atom stereocenters. The van der Waals surface area contributed by atoms with E-state index in [0.717, 1.165) is 6.61 Å². The van der Waals surface area contributed by atoms with E-state index in [0.29, 0.717) is 19.0 Å². The fraction of sp³-hybridized carbons (Fsp3) is 0.909. The molecule has 0 aromatic heterocycles. The number of amides is 1. The van der Waals surface area contributed by atoms with E-state index >= 15 is 0 Å². The van der Waals surface area contributed by atoms with Gasteiger partial charge in [0, 0.05) is 13.1 Å². The first kappa shape index (κ1) is 12.5. The maximum absolute atomic E-state index is 11.2. The summed E-state index contributed by atoms with van der Waals surface area (Å²) in [5.74, 6) is 0.609. The highest BCUT2D eigenvalue weighted by atomic mass is 16.5. The zero-order valence-electron chi connectivity index (χ0n) is 9.34. The van der Waals surface area contributed by atoms with E-state index in [-0.39, 0.29) is 12.5 Å². The van der Waals surface area contributed by atoms with Gasteiger partial charge in [0.15, 0.2) is 0 Å². The number of hydrogen-bond donors (Lipinski definition) is 2. The number of carbonyl (C=O) groups excluding carboxylic acids is 1. The number of rotatable bonds is 6. The minimum Gasteiger partial charge on any atom is -0.371 e. The molecule has 15 heavy (non-hydrogen) atoms. The second-order valence-electron chi connectivity index (χ2n) is 4.16. The third-order valence-corrected chi connectivity index (χ3v) is 2.78. The maximum atomic E-state index is 11.2. The second kappa shape index (κ2) is 7.65. The fourth-order valence-electron chi connectivity index (χ4n) is 1.93. The van der Waals surface area contributed by atoms with Gasteiger partial charge in [0.25, 0.3) is 0 Å². The Kier molecular flexibility index (Phi) is 6.36. The summed E-state index contributed by atoms with van der Waals surface area (Å²) >= 11 is 0. The van der Waals surface area contributed by atoms with Gasteiger partial charge in [-0.25, -0.2) is 0 Å². The lowest BCUT2D eigenvalue weighted by atomic mass is 9.90. The largest absolute Gasteiger partial charge is 0.371 e. The molecule has 1 aliphatic carbocycles. The minimum absolute atomic E-state index is 0.0590. The Labute approximate surface area is 91.5 Å². The number of nitrogens with two attached hydrogens (primary N) is 1. The first-order valence-corrected chi connectivity index (χ1v) is 5.87. The molecule has 0 spiro atoms. The van der Waals surface area contributed by atoms with Crippen LogP contribution in [0, 0.1) is 5.92 Å². The molecule has 4 nitrogen and oxygen atoms in total. The molecule has 1 amide bonds. The molecular formula is C11H22N2O2. The van der Waals surface area contributed by atoms with Gasteiger partial charge in [-0.05, 0) is 18.8 Å². The summed E-state index contributed by atoms with van der Waals surface area (Å²) in [4.78, 5) is 11.2. The van der Waals surface area contributed by atoms with Crippen molar-refractivity contribution in [2.24, 2.45) is 11.7 Å². The third-order valence-electron chi connectivity index (χ3n) is 2.78. The first-order valence-electron chi connectivity index (χ1n) is 5.87. The molecule has 0 radical (unpaired) electrons. The van der Waals surface area contributed by atoms with Crippen LogP contribution in [0.3, 0.4) is 0 Å². The van der Waals surface area contributed by atoms with E-state index in [1.807, 2.05) is 0 Å². The van der Waals surface area contributed by atoms with Crippen LogP contribution in [0.25, 0.3) is 0 Å². The number of ether oxygens (including phenoxy) is 1. The van der Waals surface area contributed by atoms with Gasteiger partial charge in [0.1, 0.15) is 6.61 Å². The molecule has 0 bridgehead atoms. The van der Waals surface area contributed by atoms with Gasteiger partial charge < -0.3 is 15.8 Å². The molecule has 1 aliphatic rings. The number of nitrogens with one attached hydrogen (secondary N) is 1. The van der Waals surface area contributed by atoms with Crippen molar-refractivity contribution in [2.75, 3.05) is 26.3 Å². The molecule has 88 valence electrons. The van der Waals surface area contributed by atoms with Crippen molar-refractivity contribution in [1.29, 1.82) is 0 Å². The van der Waals surface area contributed by atoms with E-state index in [1.165, 1.54) is 32.1 Å². The van der Waals surface area contributed by atoms with Crippen LogP contribution in [0.15, 0.2) is 0 Å². The molecule has 4 heteroatoms. The topological polar surface area (TPSA) is 64.3 Å². The van der Waals surface area contributed by atoms with Crippen LogP contribution in [-0.4, -0.2) is 32.2 Å². The van der Waals surface area contributed by atoms with Crippen LogP contribution < -0.4 is 11.1 Å². The average molecular weight is 214 g/mol. The molecule has 1 fully saturated rings. The van der Waals surface area contributed by atoms with E-state index in [2.05, 4.69) is 5.32 Å². The van der Waals surface area contributed by atoms with Gasteiger partial charge in [0.05, 0.1) is 6.61 Å². The Morgan fingerprint density at radius 1 is 1.33 bits per heavy atom. The molecule has 0 aromatic rings. The van der Waals surface area contributed by atoms with E-state index in [9.17, 15) is 4.79 Å². The van der Waals surface area contributed by atoms with Crippen molar-refractivity contribution in [3.05, 3.63) is 0 Å². The molecule has 1 rings (SSSR count). The van der Waals surface area contributed by atoms with Crippen LogP contribution in [0.5, 0.6) is 0 Å². The normalized spacial score (nSPS) is 17.7. The van der Waals surface area contributed by atoms with Crippen LogP contribution in [-0.2, 0) is 9.53 Å². The predicted molar refractivity (Wildman–Crippen MR) is 59.5 cm³/mol. The predicted octanol–water partition coefficient (Wildman–Crippen LogP) is 0.658. The van der Waals surface area contributed by atoms with Crippen molar-refractivity contribution >= 4 is 5.91 Å². The Hall–Kier alpha value is -0.610. The summed E-state index contributed by atoms with van der Waals surface area (Å²) in [6.07, 6.45) is 6.49. The lowest BCUT2D eigenvalue weighted by Crippen LogP contribution is -2.32. The Balaban J connectivity index is 1.97. The molecule has 3 N–H and O–H groups in total. The number of carbonyl (C=O) groups is 1. The Morgan fingerprint density at radius 2 is 2.07 bits per heavy atom. The van der Waals surface area contributed by atoms with Gasteiger partial charge in [-0.15, -0.1) is 0 Å². The zero-order chi connectivity index (χ0) is 10.9. The Bertz CT molecular complexity index is 179. The summed E-state index contributed by atoms with van der Waals surface area (Å²) in [5, 5.41) is 2.68. The lowest BCUT2D eigenvalue weighted by molar-refractivity contribution is -0.126. The van der Waals surface area contributed by atoms with Crippen molar-refractivity contribution in [3.63, 3.8) is 0 Å². The highest BCUT2D eigenvalue weighted by Crippen LogP contribution is 2.23. The van der Waals surface area contributed by atoms with Crippen LogP contribution in [0.1, 0.15) is 32.1 Å². The summed E-state index contributed by atoms with van der Waals surface area (Å²) < 4.78 is 5.38. The van der Waals surface area contributed by atoms with Crippen LogP contribution >= 0.6 is 0 Å². The van der Waals surface area contributed by atoms with Gasteiger partial charge in [-0.3, -0.25) is 4.79 Å². The first-order chi connectivity index (χ1) is 7.33. The zero-order valence-corrected chi connectivity index (χ0v) is 9.34. The SMILES string of the molecule is NCCNC(=O)COCC1CCCCC1. The second-order valence-corrected chi connectivity index (χ2v) is 4.16. The monoisotopic (exact) mass is 214 g/mol. The summed E-state index contributed by atoms with van der Waals surface area (Å²) in [7, 11) is 0. The quantitative estimate of drug-likeness (QED) is 0.682. The third kappa shape index (κ3) is 5.74. The smallest absolute Gasteiger partial charge is 0.246 e. The highest BCUT2D eigenvalue weighted by Gasteiger charge is 2.13. The van der Waals surface area contributed by atoms with Crippen molar-refractivity contribution in [3.8, 4) is 0 Å². The minimum atomic E-state index is -0.0590. The van der Waals surface area contributed by atoms with E-state index < -0.39 is 0 Å². The van der Waals surface area contributed by atoms with Crippen molar-refractivity contribution in [1.82, 2.24) is 5.32 Å². The molecule has 0 saturated heterocycles.